The minimum atomic E-state index is 0.143. The van der Waals surface area contributed by atoms with Crippen molar-refractivity contribution in [3.8, 4) is 11.1 Å². The molecule has 2 unspecified atom stereocenters. The van der Waals surface area contributed by atoms with Gasteiger partial charge in [-0.2, -0.15) is 0 Å². The quantitative estimate of drug-likeness (QED) is 0.415. The van der Waals surface area contributed by atoms with Gasteiger partial charge in [-0.05, 0) is 75.5 Å². The van der Waals surface area contributed by atoms with E-state index >= 15 is 0 Å². The van der Waals surface area contributed by atoms with Gasteiger partial charge in [-0.1, -0.05) is 103 Å². The molecule has 0 spiro atoms. The first-order chi connectivity index (χ1) is 14.0. The van der Waals surface area contributed by atoms with E-state index in [1.807, 2.05) is 0 Å². The van der Waals surface area contributed by atoms with E-state index in [0.29, 0.717) is 11.8 Å². The number of benzene rings is 2. The highest BCUT2D eigenvalue weighted by molar-refractivity contribution is 5.80. The Hall–Kier alpha value is -2.08. The van der Waals surface area contributed by atoms with Crippen molar-refractivity contribution in [2.75, 3.05) is 0 Å². The molecule has 0 N–H and O–H groups in total. The molecule has 0 heterocycles. The molecule has 0 saturated carbocycles. The lowest BCUT2D eigenvalue weighted by Gasteiger charge is -2.28. The first-order valence-corrected chi connectivity index (χ1v) is 11.7. The molecule has 0 aromatic heterocycles. The molecule has 158 valence electrons. The predicted octanol–water partition coefficient (Wildman–Crippen LogP) is 8.48. The number of hydrogen-bond donors (Lipinski definition) is 0. The Morgan fingerprint density at radius 2 is 1.57 bits per heavy atom. The van der Waals surface area contributed by atoms with Crippen LogP contribution < -0.4 is 0 Å². The molecular formula is C30H38. The lowest BCUT2D eigenvalue weighted by Crippen LogP contribution is -2.15. The highest BCUT2D eigenvalue weighted by Gasteiger charge is 2.31. The van der Waals surface area contributed by atoms with Crippen LogP contribution >= 0.6 is 0 Å². The molecule has 2 aromatic rings. The molecule has 0 aliphatic heterocycles. The van der Waals surface area contributed by atoms with Crippen molar-refractivity contribution in [1.82, 2.24) is 0 Å². The Morgan fingerprint density at radius 3 is 2.13 bits per heavy atom. The Labute approximate surface area is 184 Å². The molecule has 0 heteroatoms. The van der Waals surface area contributed by atoms with Crippen LogP contribution in [0.4, 0.5) is 0 Å². The maximum Gasteiger partial charge on any atom is 0.00242 e. The van der Waals surface area contributed by atoms with Gasteiger partial charge in [0.15, 0.2) is 0 Å². The lowest BCUT2D eigenvalue weighted by atomic mass is 9.77. The zero-order chi connectivity index (χ0) is 21.8. The van der Waals surface area contributed by atoms with Crippen molar-refractivity contribution in [2.24, 2.45) is 5.92 Å². The third-order valence-corrected chi connectivity index (χ3v) is 7.12. The topological polar surface area (TPSA) is 0 Å². The molecule has 4 rings (SSSR count). The van der Waals surface area contributed by atoms with Crippen molar-refractivity contribution >= 4 is 0 Å². The molecule has 2 aromatic carbocycles. The second-order valence-electron chi connectivity index (χ2n) is 11.5. The Balaban J connectivity index is 1.92. The van der Waals surface area contributed by atoms with Crippen LogP contribution in [-0.4, -0.2) is 0 Å². The first kappa shape index (κ1) is 21.2. The third kappa shape index (κ3) is 3.70. The summed E-state index contributed by atoms with van der Waals surface area (Å²) in [6.45, 7) is 18.6. The van der Waals surface area contributed by atoms with Crippen LogP contribution in [0.2, 0.25) is 0 Å². The number of fused-ring (bicyclic) bond motifs is 3. The smallest absolute Gasteiger partial charge is 0.00242 e. The average Bonchev–Trinajstić information content (AvgIpc) is 3.24. The summed E-state index contributed by atoms with van der Waals surface area (Å²) in [5.41, 5.74) is 12.2. The van der Waals surface area contributed by atoms with E-state index in [0.717, 1.165) is 6.42 Å². The molecule has 30 heavy (non-hydrogen) atoms. The van der Waals surface area contributed by atoms with Gasteiger partial charge in [-0.15, -0.1) is 0 Å². The van der Waals surface area contributed by atoms with Crippen LogP contribution in [0.15, 0.2) is 54.1 Å². The first-order valence-electron chi connectivity index (χ1n) is 11.7. The molecule has 0 bridgehead atoms. The van der Waals surface area contributed by atoms with Crippen LogP contribution in [0.25, 0.3) is 11.1 Å². The second-order valence-corrected chi connectivity index (χ2v) is 11.5. The largest absolute Gasteiger partial charge is 0.0767 e. The van der Waals surface area contributed by atoms with E-state index in [1.165, 1.54) is 39.8 Å². The molecule has 0 fully saturated rings. The van der Waals surface area contributed by atoms with E-state index in [2.05, 4.69) is 104 Å². The zero-order valence-corrected chi connectivity index (χ0v) is 20.2. The SMILES string of the molecule is CCC(c1cc(C(C)(C)C)cc2c1Cc1ccc(C(C)(C)C)cc1-2)C1C=CC(C)=C1. The van der Waals surface area contributed by atoms with E-state index in [9.17, 15) is 0 Å². The summed E-state index contributed by atoms with van der Waals surface area (Å²) < 4.78 is 0. The monoisotopic (exact) mass is 398 g/mol. The van der Waals surface area contributed by atoms with Gasteiger partial charge in [-0.25, -0.2) is 0 Å². The predicted molar refractivity (Wildman–Crippen MR) is 132 cm³/mol. The number of allylic oxidation sites excluding steroid dienone is 4. The van der Waals surface area contributed by atoms with Gasteiger partial charge < -0.3 is 0 Å². The van der Waals surface area contributed by atoms with Crippen molar-refractivity contribution in [3.63, 3.8) is 0 Å². The van der Waals surface area contributed by atoms with Gasteiger partial charge in [0.25, 0.3) is 0 Å². The molecule has 0 radical (unpaired) electrons. The van der Waals surface area contributed by atoms with Gasteiger partial charge in [0.2, 0.25) is 0 Å². The summed E-state index contributed by atoms with van der Waals surface area (Å²) in [7, 11) is 0. The maximum absolute atomic E-state index is 2.54. The minimum absolute atomic E-state index is 0.143. The van der Waals surface area contributed by atoms with Crippen molar-refractivity contribution in [2.45, 2.75) is 85.0 Å². The van der Waals surface area contributed by atoms with E-state index in [4.69, 9.17) is 0 Å². The fourth-order valence-electron chi connectivity index (χ4n) is 5.16. The summed E-state index contributed by atoms with van der Waals surface area (Å²) in [5.74, 6) is 1.06. The summed E-state index contributed by atoms with van der Waals surface area (Å²) >= 11 is 0. The number of hydrogen-bond acceptors (Lipinski definition) is 0. The fourth-order valence-corrected chi connectivity index (χ4v) is 5.16. The van der Waals surface area contributed by atoms with Crippen molar-refractivity contribution in [1.29, 1.82) is 0 Å². The fraction of sp³-hybridized carbons (Fsp3) is 0.467. The summed E-state index contributed by atoms with van der Waals surface area (Å²) in [6.07, 6.45) is 9.42. The molecule has 2 aliphatic carbocycles. The molecule has 2 atom stereocenters. The summed E-state index contributed by atoms with van der Waals surface area (Å²) in [6, 6.07) is 12.2. The maximum atomic E-state index is 2.54. The normalized spacial score (nSPS) is 18.9. The van der Waals surface area contributed by atoms with Gasteiger partial charge in [-0.3, -0.25) is 0 Å². The van der Waals surface area contributed by atoms with Crippen LogP contribution in [0.5, 0.6) is 0 Å². The van der Waals surface area contributed by atoms with Crippen LogP contribution in [0, 0.1) is 5.92 Å². The standard InChI is InChI=1S/C30H38/c1-9-24(20-11-10-19(2)14-20)27-17-23(30(6,7)8)18-28-25-16-22(29(3,4)5)13-12-21(25)15-26(27)28/h10-14,16-18,20,24H,9,15H2,1-8H3. The molecule has 0 amide bonds. The van der Waals surface area contributed by atoms with Gasteiger partial charge >= 0.3 is 0 Å². The average molecular weight is 399 g/mol. The van der Waals surface area contributed by atoms with E-state index in [-0.39, 0.29) is 10.8 Å². The highest BCUT2D eigenvalue weighted by atomic mass is 14.3. The Morgan fingerprint density at radius 1 is 0.900 bits per heavy atom. The minimum Gasteiger partial charge on any atom is -0.0767 e. The molecular weight excluding hydrogens is 360 g/mol. The lowest BCUT2D eigenvalue weighted by molar-refractivity contribution is 0.562. The van der Waals surface area contributed by atoms with Crippen molar-refractivity contribution < 1.29 is 0 Å². The Bertz CT molecular complexity index is 1030. The van der Waals surface area contributed by atoms with Crippen LogP contribution in [0.3, 0.4) is 0 Å². The van der Waals surface area contributed by atoms with Gasteiger partial charge in [0.05, 0.1) is 0 Å². The zero-order valence-electron chi connectivity index (χ0n) is 20.2. The van der Waals surface area contributed by atoms with Gasteiger partial charge in [0, 0.05) is 5.92 Å². The summed E-state index contributed by atoms with van der Waals surface area (Å²) in [5, 5.41) is 0. The van der Waals surface area contributed by atoms with E-state index < -0.39 is 0 Å². The molecule has 0 nitrogen and oxygen atoms in total. The van der Waals surface area contributed by atoms with Crippen LogP contribution in [0.1, 0.15) is 95.5 Å². The Kier molecular flexibility index (Phi) is 5.12. The van der Waals surface area contributed by atoms with Crippen LogP contribution in [-0.2, 0) is 17.3 Å². The summed E-state index contributed by atoms with van der Waals surface area (Å²) in [4.78, 5) is 0. The van der Waals surface area contributed by atoms with Crippen molar-refractivity contribution in [3.05, 3.63) is 82.0 Å². The second kappa shape index (κ2) is 7.26. The molecule has 2 aliphatic rings. The van der Waals surface area contributed by atoms with Gasteiger partial charge in [0.1, 0.15) is 0 Å². The third-order valence-electron chi connectivity index (χ3n) is 7.12. The number of rotatable bonds is 3. The molecule has 0 saturated heterocycles. The van der Waals surface area contributed by atoms with E-state index in [1.54, 1.807) is 11.1 Å². The highest BCUT2D eigenvalue weighted by Crippen LogP contribution is 2.47.